The molecule has 2 unspecified atom stereocenters. The van der Waals surface area contributed by atoms with Crippen molar-refractivity contribution >= 4 is 23.0 Å². The summed E-state index contributed by atoms with van der Waals surface area (Å²) < 4.78 is 16.7. The fourth-order valence-corrected chi connectivity index (χ4v) is 5.47. The zero-order valence-electron chi connectivity index (χ0n) is 17.6. The number of primary amides is 1. The number of likely N-dealkylation sites (tertiary alicyclic amines) is 1. The number of carbonyl (C=O) groups is 2. The van der Waals surface area contributed by atoms with Gasteiger partial charge in [-0.25, -0.2) is 4.79 Å². The molecule has 4 rings (SSSR count). The van der Waals surface area contributed by atoms with Crippen molar-refractivity contribution in [2.24, 2.45) is 17.1 Å². The molecule has 2 aromatic rings. The van der Waals surface area contributed by atoms with Gasteiger partial charge < -0.3 is 24.5 Å². The minimum atomic E-state index is -0.793. The first-order chi connectivity index (χ1) is 13.6. The number of piperidine rings is 1. The van der Waals surface area contributed by atoms with Crippen molar-refractivity contribution in [3.05, 3.63) is 29.5 Å². The third kappa shape index (κ3) is 2.70. The van der Waals surface area contributed by atoms with Crippen molar-refractivity contribution in [3.8, 4) is 5.75 Å². The van der Waals surface area contributed by atoms with Gasteiger partial charge in [0.15, 0.2) is 0 Å². The van der Waals surface area contributed by atoms with E-state index in [9.17, 15) is 9.59 Å². The van der Waals surface area contributed by atoms with E-state index < -0.39 is 17.7 Å². The SMILES string of the molecule is COc1cc(C(=O)N2CC3CCC2(C(C)(C)C)[C@@H]3OC(N)=O)cc2occ(C)c12. The Hall–Kier alpha value is -2.70. The molecule has 1 aromatic heterocycles. The Morgan fingerprint density at radius 2 is 2.03 bits per heavy atom. The minimum absolute atomic E-state index is 0.0853. The third-order valence-corrected chi connectivity index (χ3v) is 6.77. The average molecular weight is 400 g/mol. The number of furan rings is 1. The van der Waals surface area contributed by atoms with Crippen LogP contribution in [0, 0.1) is 18.3 Å². The monoisotopic (exact) mass is 400 g/mol. The molecule has 2 bridgehead atoms. The second-order valence-electron chi connectivity index (χ2n) is 9.22. The van der Waals surface area contributed by atoms with Gasteiger partial charge in [-0.1, -0.05) is 20.8 Å². The fraction of sp³-hybridized carbons (Fsp3) is 0.545. The second kappa shape index (κ2) is 6.40. The summed E-state index contributed by atoms with van der Waals surface area (Å²) in [5.41, 5.74) is 6.53. The molecule has 29 heavy (non-hydrogen) atoms. The zero-order valence-corrected chi connectivity index (χ0v) is 17.6. The number of benzene rings is 1. The molecule has 7 heteroatoms. The van der Waals surface area contributed by atoms with Crippen molar-refractivity contribution in [2.75, 3.05) is 13.7 Å². The van der Waals surface area contributed by atoms with E-state index in [0.717, 1.165) is 23.8 Å². The van der Waals surface area contributed by atoms with Gasteiger partial charge >= 0.3 is 6.09 Å². The molecule has 1 saturated heterocycles. The smallest absolute Gasteiger partial charge is 0.404 e. The van der Waals surface area contributed by atoms with Crippen molar-refractivity contribution in [3.63, 3.8) is 0 Å². The quantitative estimate of drug-likeness (QED) is 0.844. The number of fused-ring (bicyclic) bond motifs is 3. The number of aryl methyl sites for hydroxylation is 1. The molecule has 1 saturated carbocycles. The standard InChI is InChI=1S/C22H28N2O5/c1-12-11-28-16-9-14(8-15(27-5)17(12)16)19(25)24-10-13-6-7-22(24,21(2,3)4)18(13)29-20(23)26/h8-9,11,13,18H,6-7,10H2,1-5H3,(H2,23,26)/t13?,18-,22?/m1/s1. The Morgan fingerprint density at radius 1 is 1.31 bits per heavy atom. The maximum absolute atomic E-state index is 13.7. The van der Waals surface area contributed by atoms with Gasteiger partial charge in [0.25, 0.3) is 5.91 Å². The van der Waals surface area contributed by atoms with Gasteiger partial charge in [-0.3, -0.25) is 4.79 Å². The zero-order chi connectivity index (χ0) is 21.1. The number of nitrogens with zero attached hydrogens (tertiary/aromatic N) is 1. The number of rotatable bonds is 3. The highest BCUT2D eigenvalue weighted by molar-refractivity contribution is 6.01. The van der Waals surface area contributed by atoms with E-state index in [1.807, 2.05) is 11.8 Å². The molecule has 0 spiro atoms. The predicted octanol–water partition coefficient (Wildman–Crippen LogP) is 3.86. The maximum Gasteiger partial charge on any atom is 0.404 e. The van der Waals surface area contributed by atoms with Crippen molar-refractivity contribution < 1.29 is 23.5 Å². The fourth-order valence-electron chi connectivity index (χ4n) is 5.47. The molecule has 1 aromatic carbocycles. The number of hydrogen-bond acceptors (Lipinski definition) is 5. The molecular weight excluding hydrogens is 372 g/mol. The van der Waals surface area contributed by atoms with Gasteiger partial charge in [-0.05, 0) is 42.9 Å². The number of nitrogens with two attached hydrogens (primary N) is 1. The van der Waals surface area contributed by atoms with Crippen LogP contribution < -0.4 is 10.5 Å². The molecule has 156 valence electrons. The largest absolute Gasteiger partial charge is 0.496 e. The van der Waals surface area contributed by atoms with E-state index in [4.69, 9.17) is 19.6 Å². The van der Waals surface area contributed by atoms with Crippen LogP contribution in [-0.2, 0) is 4.74 Å². The van der Waals surface area contributed by atoms with Gasteiger partial charge in [0, 0.05) is 18.0 Å². The highest BCUT2D eigenvalue weighted by Gasteiger charge is 2.66. The van der Waals surface area contributed by atoms with Crippen LogP contribution in [0.25, 0.3) is 11.0 Å². The van der Waals surface area contributed by atoms with Crippen LogP contribution in [0.4, 0.5) is 4.79 Å². The summed E-state index contributed by atoms with van der Waals surface area (Å²) >= 11 is 0. The first-order valence-electron chi connectivity index (χ1n) is 9.94. The highest BCUT2D eigenvalue weighted by Crippen LogP contribution is 2.57. The Balaban J connectivity index is 1.79. The summed E-state index contributed by atoms with van der Waals surface area (Å²) in [6, 6.07) is 3.53. The lowest BCUT2D eigenvalue weighted by molar-refractivity contribution is -0.0359. The Bertz CT molecular complexity index is 989. The molecule has 2 amide bonds. The van der Waals surface area contributed by atoms with Crippen LogP contribution >= 0.6 is 0 Å². The molecule has 2 heterocycles. The number of ether oxygens (including phenoxy) is 2. The molecule has 1 aliphatic heterocycles. The lowest BCUT2D eigenvalue weighted by Crippen LogP contribution is -2.60. The molecule has 3 atom stereocenters. The van der Waals surface area contributed by atoms with Crippen LogP contribution in [0.3, 0.4) is 0 Å². The second-order valence-corrected chi connectivity index (χ2v) is 9.22. The normalized spacial score (nSPS) is 26.2. The Kier molecular flexibility index (Phi) is 4.33. The van der Waals surface area contributed by atoms with Crippen LogP contribution in [-0.4, -0.2) is 42.2 Å². The third-order valence-electron chi connectivity index (χ3n) is 6.77. The molecule has 7 nitrogen and oxygen atoms in total. The predicted molar refractivity (Wildman–Crippen MR) is 108 cm³/mol. The van der Waals surface area contributed by atoms with E-state index in [1.54, 1.807) is 25.5 Å². The van der Waals surface area contributed by atoms with Gasteiger partial charge in [0.1, 0.15) is 17.4 Å². The Labute approximate surface area is 170 Å². The molecule has 0 radical (unpaired) electrons. The number of amides is 2. The van der Waals surface area contributed by atoms with Gasteiger partial charge in [0.2, 0.25) is 0 Å². The average Bonchev–Trinajstić information content (AvgIpc) is 3.30. The van der Waals surface area contributed by atoms with Crippen LogP contribution in [0.1, 0.15) is 49.5 Å². The highest BCUT2D eigenvalue weighted by atomic mass is 16.6. The van der Waals surface area contributed by atoms with Crippen LogP contribution in [0.2, 0.25) is 0 Å². The van der Waals surface area contributed by atoms with Crippen LogP contribution in [0.5, 0.6) is 5.75 Å². The van der Waals surface area contributed by atoms with Crippen molar-refractivity contribution in [1.29, 1.82) is 0 Å². The lowest BCUT2D eigenvalue weighted by atomic mass is 9.70. The van der Waals surface area contributed by atoms with Gasteiger partial charge in [-0.15, -0.1) is 0 Å². The first-order valence-corrected chi connectivity index (χ1v) is 9.94. The van der Waals surface area contributed by atoms with Crippen LogP contribution in [0.15, 0.2) is 22.8 Å². The Morgan fingerprint density at radius 3 is 2.66 bits per heavy atom. The van der Waals surface area contributed by atoms with Crippen molar-refractivity contribution in [1.82, 2.24) is 4.90 Å². The summed E-state index contributed by atoms with van der Waals surface area (Å²) in [7, 11) is 1.58. The van der Waals surface area contributed by atoms with E-state index in [1.165, 1.54) is 0 Å². The molecular formula is C22H28N2O5. The number of hydrogen-bond donors (Lipinski definition) is 1. The van der Waals surface area contributed by atoms with E-state index in [0.29, 0.717) is 23.4 Å². The summed E-state index contributed by atoms with van der Waals surface area (Å²) in [4.78, 5) is 27.2. The van der Waals surface area contributed by atoms with E-state index >= 15 is 0 Å². The lowest BCUT2D eigenvalue weighted by Gasteiger charge is -2.49. The first kappa shape index (κ1) is 19.6. The molecule has 2 fully saturated rings. The number of methoxy groups -OCH3 is 1. The summed E-state index contributed by atoms with van der Waals surface area (Å²) in [5, 5.41) is 0.868. The van der Waals surface area contributed by atoms with E-state index in [2.05, 4.69) is 20.8 Å². The summed E-state index contributed by atoms with van der Waals surface area (Å²) in [6.45, 7) is 8.72. The van der Waals surface area contributed by atoms with Gasteiger partial charge in [0.05, 0.1) is 24.3 Å². The van der Waals surface area contributed by atoms with Gasteiger partial charge in [-0.2, -0.15) is 0 Å². The van der Waals surface area contributed by atoms with E-state index in [-0.39, 0.29) is 17.2 Å². The maximum atomic E-state index is 13.7. The summed E-state index contributed by atoms with van der Waals surface area (Å²) in [6.07, 6.45) is 2.13. The molecule has 2 aliphatic rings. The topological polar surface area (TPSA) is 95.0 Å². The molecule has 1 aliphatic carbocycles. The number of carbonyl (C=O) groups excluding carboxylic acids is 2. The minimum Gasteiger partial charge on any atom is -0.496 e. The summed E-state index contributed by atoms with van der Waals surface area (Å²) in [5.74, 6) is 0.577. The molecule has 2 N–H and O–H groups in total. The van der Waals surface area contributed by atoms with Crippen molar-refractivity contribution in [2.45, 2.75) is 52.2 Å².